The van der Waals surface area contributed by atoms with Crippen LogP contribution in [0.4, 0.5) is 21.6 Å². The Morgan fingerprint density at radius 1 is 0.889 bits per heavy atom. The highest BCUT2D eigenvalue weighted by molar-refractivity contribution is 5.95. The van der Waals surface area contributed by atoms with Gasteiger partial charge in [-0.05, 0) is 54.6 Å². The molecule has 4 N–H and O–H groups in total. The van der Waals surface area contributed by atoms with Gasteiger partial charge < -0.3 is 21.3 Å². The normalized spacial score (nSPS) is 10.6. The fourth-order valence-corrected chi connectivity index (χ4v) is 3.66. The molecule has 36 heavy (non-hydrogen) atoms. The smallest absolute Gasteiger partial charge is 0.251 e. The first kappa shape index (κ1) is 24.8. The molecule has 8 heteroatoms. The maximum atomic E-state index is 13.8. The fraction of sp³-hybridized carbons (Fsp3) is 0.179. The summed E-state index contributed by atoms with van der Waals surface area (Å²) in [6.07, 6.45) is 0. The van der Waals surface area contributed by atoms with Crippen LogP contribution in [0.25, 0.3) is 11.3 Å². The van der Waals surface area contributed by atoms with Crippen molar-refractivity contribution in [3.8, 4) is 11.3 Å². The van der Waals surface area contributed by atoms with Gasteiger partial charge in [0, 0.05) is 42.1 Å². The lowest BCUT2D eigenvalue weighted by Crippen LogP contribution is -2.25. The third kappa shape index (κ3) is 6.86. The maximum absolute atomic E-state index is 13.8. The molecule has 0 fully saturated rings. The van der Waals surface area contributed by atoms with E-state index in [0.29, 0.717) is 23.6 Å². The number of halogens is 1. The van der Waals surface area contributed by atoms with Gasteiger partial charge in [0.05, 0.1) is 5.69 Å². The van der Waals surface area contributed by atoms with Crippen molar-refractivity contribution in [3.05, 3.63) is 102 Å². The number of likely N-dealkylation sites (N-methyl/N-ethyl adjacent to an activating group) is 1. The zero-order valence-electron chi connectivity index (χ0n) is 20.1. The first-order valence-corrected chi connectivity index (χ1v) is 11.9. The summed E-state index contributed by atoms with van der Waals surface area (Å²) >= 11 is 0. The summed E-state index contributed by atoms with van der Waals surface area (Å²) in [5.41, 5.74) is 4.47. The van der Waals surface area contributed by atoms with Crippen LogP contribution in [0.2, 0.25) is 0 Å². The number of benzene rings is 3. The van der Waals surface area contributed by atoms with E-state index in [9.17, 15) is 9.18 Å². The third-order valence-corrected chi connectivity index (χ3v) is 5.51. The molecule has 0 radical (unpaired) electrons. The van der Waals surface area contributed by atoms with Crippen LogP contribution in [0, 0.1) is 5.82 Å². The van der Waals surface area contributed by atoms with Crippen LogP contribution in [-0.2, 0) is 6.54 Å². The Bertz CT molecular complexity index is 1280. The second-order valence-electron chi connectivity index (χ2n) is 8.14. The summed E-state index contributed by atoms with van der Waals surface area (Å²) in [6.45, 7) is 4.59. The monoisotopic (exact) mass is 484 g/mol. The van der Waals surface area contributed by atoms with Gasteiger partial charge in [-0.15, -0.1) is 10.2 Å². The van der Waals surface area contributed by atoms with Crippen LogP contribution < -0.4 is 21.3 Å². The van der Waals surface area contributed by atoms with Gasteiger partial charge in [0.25, 0.3) is 5.91 Å². The minimum Gasteiger partial charge on any atom is -0.383 e. The van der Waals surface area contributed by atoms with Gasteiger partial charge >= 0.3 is 0 Å². The molecule has 184 valence electrons. The summed E-state index contributed by atoms with van der Waals surface area (Å²) in [7, 11) is 0. The molecule has 4 rings (SSSR count). The van der Waals surface area contributed by atoms with Crippen molar-refractivity contribution in [1.82, 2.24) is 20.8 Å². The molecular formula is C28H29FN6O. The third-order valence-electron chi connectivity index (χ3n) is 5.51. The van der Waals surface area contributed by atoms with Crippen LogP contribution in [-0.4, -0.2) is 35.7 Å². The molecule has 0 unspecified atom stereocenters. The van der Waals surface area contributed by atoms with E-state index in [2.05, 4.69) is 31.5 Å². The number of nitrogens with one attached hydrogen (secondary N) is 4. The lowest BCUT2D eigenvalue weighted by molar-refractivity contribution is 0.0951. The molecule has 0 saturated carbocycles. The molecule has 0 saturated heterocycles. The number of carbonyl (C=O) groups excluding carboxylic acids is 1. The molecule has 0 aliphatic rings. The average Bonchev–Trinajstić information content (AvgIpc) is 2.91. The predicted molar refractivity (Wildman–Crippen MR) is 142 cm³/mol. The van der Waals surface area contributed by atoms with Crippen molar-refractivity contribution in [2.45, 2.75) is 13.5 Å². The minimum absolute atomic E-state index is 0.230. The number of hydrogen-bond donors (Lipinski definition) is 4. The SMILES string of the molecule is CCNCCNc1cc(F)ccc1CNC(=O)c1cccc(Nc2ccc(-c3ccccc3)nn2)c1. The number of nitrogens with zero attached hydrogens (tertiary/aromatic N) is 2. The number of rotatable bonds is 11. The molecule has 0 bridgehead atoms. The Balaban J connectivity index is 1.37. The van der Waals surface area contributed by atoms with Gasteiger partial charge in [0.15, 0.2) is 5.82 Å². The summed E-state index contributed by atoms with van der Waals surface area (Å²) in [5.74, 6) is 0.0219. The fourth-order valence-electron chi connectivity index (χ4n) is 3.66. The highest BCUT2D eigenvalue weighted by atomic mass is 19.1. The molecule has 0 aliphatic carbocycles. The Labute approximate surface area is 210 Å². The average molecular weight is 485 g/mol. The molecule has 0 spiro atoms. The van der Waals surface area contributed by atoms with E-state index in [1.54, 1.807) is 24.3 Å². The Hall–Kier alpha value is -4.30. The highest BCUT2D eigenvalue weighted by Gasteiger charge is 2.10. The van der Waals surface area contributed by atoms with Crippen LogP contribution in [0.15, 0.2) is 84.9 Å². The zero-order valence-corrected chi connectivity index (χ0v) is 20.1. The molecule has 1 amide bonds. The zero-order chi connectivity index (χ0) is 25.2. The second-order valence-corrected chi connectivity index (χ2v) is 8.14. The van der Waals surface area contributed by atoms with Gasteiger partial charge in [-0.2, -0.15) is 0 Å². The van der Waals surface area contributed by atoms with Gasteiger partial charge in [0.1, 0.15) is 5.82 Å². The van der Waals surface area contributed by atoms with Crippen molar-refractivity contribution < 1.29 is 9.18 Å². The summed E-state index contributed by atoms with van der Waals surface area (Å²) < 4.78 is 13.8. The molecule has 4 aromatic rings. The quantitative estimate of drug-likeness (QED) is 0.225. The lowest BCUT2D eigenvalue weighted by atomic mass is 10.1. The van der Waals surface area contributed by atoms with Crippen LogP contribution in [0.5, 0.6) is 0 Å². The van der Waals surface area contributed by atoms with Crippen molar-refractivity contribution in [2.24, 2.45) is 0 Å². The first-order valence-electron chi connectivity index (χ1n) is 11.9. The highest BCUT2D eigenvalue weighted by Crippen LogP contribution is 2.20. The van der Waals surface area contributed by atoms with E-state index in [-0.39, 0.29) is 18.3 Å². The summed E-state index contributed by atoms with van der Waals surface area (Å²) in [6, 6.07) is 25.2. The molecule has 1 heterocycles. The standard InChI is InChI=1S/C28H29FN6O/c1-2-30-15-16-31-26-18-23(29)12-11-22(26)19-32-28(36)21-9-6-10-24(17-21)33-27-14-13-25(34-35-27)20-7-4-3-5-8-20/h3-14,17-18,30-31H,2,15-16,19H2,1H3,(H,32,36)(H,33,35). The van der Waals surface area contributed by atoms with Gasteiger partial charge in [-0.25, -0.2) is 4.39 Å². The van der Waals surface area contributed by atoms with Crippen molar-refractivity contribution in [3.63, 3.8) is 0 Å². The van der Waals surface area contributed by atoms with E-state index in [4.69, 9.17) is 0 Å². The van der Waals surface area contributed by atoms with E-state index in [1.807, 2.05) is 55.5 Å². The van der Waals surface area contributed by atoms with Gasteiger partial charge in [-0.3, -0.25) is 4.79 Å². The van der Waals surface area contributed by atoms with Crippen molar-refractivity contribution >= 4 is 23.1 Å². The minimum atomic E-state index is -0.324. The Morgan fingerprint density at radius 2 is 1.75 bits per heavy atom. The molecule has 3 aromatic carbocycles. The van der Waals surface area contributed by atoms with Gasteiger partial charge in [0.2, 0.25) is 0 Å². The molecule has 1 aromatic heterocycles. The van der Waals surface area contributed by atoms with Crippen LogP contribution in [0.3, 0.4) is 0 Å². The number of aromatic nitrogens is 2. The molecular weight excluding hydrogens is 455 g/mol. The first-order chi connectivity index (χ1) is 17.6. The van der Waals surface area contributed by atoms with E-state index in [0.717, 1.165) is 35.6 Å². The van der Waals surface area contributed by atoms with E-state index >= 15 is 0 Å². The predicted octanol–water partition coefficient (Wildman–Crippen LogP) is 4.98. The van der Waals surface area contributed by atoms with E-state index in [1.165, 1.54) is 12.1 Å². The largest absolute Gasteiger partial charge is 0.383 e. The lowest BCUT2D eigenvalue weighted by Gasteiger charge is -2.14. The van der Waals surface area contributed by atoms with E-state index < -0.39 is 0 Å². The number of carbonyl (C=O) groups is 1. The summed E-state index contributed by atoms with van der Waals surface area (Å²) in [4.78, 5) is 12.8. The van der Waals surface area contributed by atoms with Crippen LogP contribution in [0.1, 0.15) is 22.8 Å². The van der Waals surface area contributed by atoms with Crippen molar-refractivity contribution in [2.75, 3.05) is 30.3 Å². The number of anilines is 3. The Kier molecular flexibility index (Phi) is 8.56. The number of amides is 1. The molecule has 7 nitrogen and oxygen atoms in total. The molecule has 0 atom stereocenters. The maximum Gasteiger partial charge on any atom is 0.251 e. The molecule has 0 aliphatic heterocycles. The van der Waals surface area contributed by atoms with Crippen molar-refractivity contribution in [1.29, 1.82) is 0 Å². The Morgan fingerprint density at radius 3 is 2.53 bits per heavy atom. The second kappa shape index (κ2) is 12.4. The topological polar surface area (TPSA) is 91.0 Å². The number of hydrogen-bond acceptors (Lipinski definition) is 6. The summed E-state index contributed by atoms with van der Waals surface area (Å²) in [5, 5.41) is 21.1. The van der Waals surface area contributed by atoms with Gasteiger partial charge in [-0.1, -0.05) is 49.4 Å². The van der Waals surface area contributed by atoms with Crippen LogP contribution >= 0.6 is 0 Å².